The maximum Gasteiger partial charge on any atom is 0.0751 e. The first-order valence-electron chi connectivity index (χ1n) is 3.95. The van der Waals surface area contributed by atoms with Crippen LogP contribution >= 0.6 is 39.0 Å². The Labute approximate surface area is 94.5 Å². The van der Waals surface area contributed by atoms with Crippen molar-refractivity contribution in [2.45, 2.75) is 11.1 Å². The third kappa shape index (κ3) is 1.65. The number of hydrogen-bond acceptors (Lipinski definition) is 2. The molecule has 0 N–H and O–H groups in total. The van der Waals surface area contributed by atoms with Gasteiger partial charge in [-0.25, -0.2) is 0 Å². The van der Waals surface area contributed by atoms with Crippen molar-refractivity contribution in [3.8, 4) is 0 Å². The average molecular weight is 273 g/mol. The number of benzene rings is 1. The SMILES string of the molecule is CSc1sc2ccc(C)cc2c1Br. The minimum atomic E-state index is 1.25. The summed E-state index contributed by atoms with van der Waals surface area (Å²) in [5, 5.41) is 1.34. The molecule has 0 saturated heterocycles. The fraction of sp³-hybridized carbons (Fsp3) is 0.200. The van der Waals surface area contributed by atoms with E-state index in [0.29, 0.717) is 0 Å². The van der Waals surface area contributed by atoms with Crippen molar-refractivity contribution in [3.63, 3.8) is 0 Å². The van der Waals surface area contributed by atoms with Crippen LogP contribution in [0.25, 0.3) is 10.1 Å². The summed E-state index contributed by atoms with van der Waals surface area (Å²) in [6.45, 7) is 2.13. The number of thiophene rings is 1. The molecular formula is C10H9BrS2. The monoisotopic (exact) mass is 272 g/mol. The van der Waals surface area contributed by atoms with E-state index in [1.807, 2.05) is 11.3 Å². The summed E-state index contributed by atoms with van der Waals surface area (Å²) in [6.07, 6.45) is 2.11. The summed E-state index contributed by atoms with van der Waals surface area (Å²) in [6, 6.07) is 6.59. The number of aryl methyl sites for hydroxylation is 1. The summed E-state index contributed by atoms with van der Waals surface area (Å²) < 4.78 is 3.98. The highest BCUT2D eigenvalue weighted by Crippen LogP contribution is 2.40. The van der Waals surface area contributed by atoms with Gasteiger partial charge in [-0.1, -0.05) is 11.6 Å². The molecule has 0 radical (unpaired) electrons. The number of hydrogen-bond donors (Lipinski definition) is 0. The van der Waals surface area contributed by atoms with Crippen LogP contribution < -0.4 is 0 Å². The third-order valence-electron chi connectivity index (χ3n) is 1.94. The van der Waals surface area contributed by atoms with E-state index in [2.05, 4.69) is 47.3 Å². The van der Waals surface area contributed by atoms with Crippen LogP contribution in [0.3, 0.4) is 0 Å². The molecule has 0 unspecified atom stereocenters. The van der Waals surface area contributed by atoms with E-state index in [-0.39, 0.29) is 0 Å². The zero-order valence-corrected chi connectivity index (χ0v) is 10.6. The van der Waals surface area contributed by atoms with Gasteiger partial charge in [-0.2, -0.15) is 0 Å². The molecule has 1 aromatic heterocycles. The van der Waals surface area contributed by atoms with Gasteiger partial charge in [0.15, 0.2) is 0 Å². The van der Waals surface area contributed by atoms with Gasteiger partial charge in [-0.3, -0.25) is 0 Å². The Kier molecular flexibility index (Phi) is 2.67. The quantitative estimate of drug-likeness (QED) is 0.679. The smallest absolute Gasteiger partial charge is 0.0751 e. The Morgan fingerprint density at radius 1 is 1.38 bits per heavy atom. The van der Waals surface area contributed by atoms with Gasteiger partial charge in [0.1, 0.15) is 0 Å². The van der Waals surface area contributed by atoms with E-state index in [1.165, 1.54) is 24.3 Å². The molecule has 2 aromatic rings. The summed E-state index contributed by atoms with van der Waals surface area (Å²) in [4.78, 5) is 0. The van der Waals surface area contributed by atoms with E-state index in [1.54, 1.807) is 11.8 Å². The molecule has 1 heterocycles. The van der Waals surface area contributed by atoms with Crippen LogP contribution in [0.5, 0.6) is 0 Å². The van der Waals surface area contributed by atoms with E-state index in [4.69, 9.17) is 0 Å². The second-order valence-electron chi connectivity index (χ2n) is 2.91. The molecule has 2 rings (SSSR count). The molecule has 0 aliphatic heterocycles. The molecule has 3 heteroatoms. The third-order valence-corrected chi connectivity index (χ3v) is 5.58. The highest BCUT2D eigenvalue weighted by molar-refractivity contribution is 9.10. The van der Waals surface area contributed by atoms with Crippen molar-refractivity contribution in [2.24, 2.45) is 0 Å². The van der Waals surface area contributed by atoms with E-state index >= 15 is 0 Å². The molecule has 0 nitrogen and oxygen atoms in total. The first-order chi connectivity index (χ1) is 6.22. The van der Waals surface area contributed by atoms with Crippen LogP contribution in [0.15, 0.2) is 26.9 Å². The fourth-order valence-electron chi connectivity index (χ4n) is 1.29. The lowest BCUT2D eigenvalue weighted by atomic mass is 10.2. The molecule has 0 bridgehead atoms. The fourth-order valence-corrected chi connectivity index (χ4v) is 4.18. The Balaban J connectivity index is 2.77. The predicted octanol–water partition coefficient (Wildman–Crippen LogP) is 4.69. The lowest BCUT2D eigenvalue weighted by Crippen LogP contribution is -1.69. The average Bonchev–Trinajstić information content (AvgIpc) is 2.44. The first kappa shape index (κ1) is 9.56. The van der Waals surface area contributed by atoms with Crippen LogP contribution in [0.4, 0.5) is 0 Å². The Hall–Kier alpha value is 0.01000. The van der Waals surface area contributed by atoms with E-state index in [9.17, 15) is 0 Å². The Morgan fingerprint density at radius 3 is 2.85 bits per heavy atom. The highest BCUT2D eigenvalue weighted by atomic mass is 79.9. The zero-order chi connectivity index (χ0) is 9.42. The Bertz CT molecular complexity index is 445. The number of halogens is 1. The van der Waals surface area contributed by atoms with Crippen LogP contribution in [0, 0.1) is 6.92 Å². The second kappa shape index (κ2) is 3.64. The molecule has 0 aliphatic rings. The minimum Gasteiger partial charge on any atom is -0.128 e. The standard InChI is InChI=1S/C10H9BrS2/c1-6-3-4-8-7(5-6)9(11)10(12-2)13-8/h3-5H,1-2H3. The lowest BCUT2D eigenvalue weighted by molar-refractivity contribution is 1.51. The lowest BCUT2D eigenvalue weighted by Gasteiger charge is -1.92. The van der Waals surface area contributed by atoms with Crippen LogP contribution in [-0.2, 0) is 0 Å². The van der Waals surface area contributed by atoms with Gasteiger partial charge in [-0.05, 0) is 41.2 Å². The van der Waals surface area contributed by atoms with Gasteiger partial charge in [0.05, 0.1) is 4.21 Å². The van der Waals surface area contributed by atoms with Gasteiger partial charge in [-0.15, -0.1) is 23.1 Å². The molecule has 13 heavy (non-hydrogen) atoms. The number of fused-ring (bicyclic) bond motifs is 1. The molecule has 0 aliphatic carbocycles. The Morgan fingerprint density at radius 2 is 2.15 bits per heavy atom. The van der Waals surface area contributed by atoms with Crippen molar-refractivity contribution < 1.29 is 0 Å². The maximum absolute atomic E-state index is 3.64. The van der Waals surface area contributed by atoms with Gasteiger partial charge in [0.25, 0.3) is 0 Å². The van der Waals surface area contributed by atoms with Crippen molar-refractivity contribution in [2.75, 3.05) is 6.26 Å². The molecule has 1 aromatic carbocycles. The largest absolute Gasteiger partial charge is 0.128 e. The molecule has 68 valence electrons. The molecular weight excluding hydrogens is 264 g/mol. The van der Waals surface area contributed by atoms with Crippen molar-refractivity contribution >= 4 is 49.1 Å². The van der Waals surface area contributed by atoms with Crippen molar-refractivity contribution in [1.82, 2.24) is 0 Å². The predicted molar refractivity (Wildman–Crippen MR) is 66.0 cm³/mol. The van der Waals surface area contributed by atoms with Gasteiger partial charge in [0, 0.05) is 14.6 Å². The normalized spacial score (nSPS) is 11.0. The molecule has 0 atom stereocenters. The molecule has 0 fully saturated rings. The zero-order valence-electron chi connectivity index (χ0n) is 7.43. The van der Waals surface area contributed by atoms with Crippen molar-refractivity contribution in [1.29, 1.82) is 0 Å². The molecule has 0 saturated carbocycles. The topological polar surface area (TPSA) is 0 Å². The van der Waals surface area contributed by atoms with Crippen LogP contribution in [0.2, 0.25) is 0 Å². The highest BCUT2D eigenvalue weighted by Gasteiger charge is 2.08. The number of rotatable bonds is 1. The molecule has 0 spiro atoms. The number of thioether (sulfide) groups is 1. The summed E-state index contributed by atoms with van der Waals surface area (Å²) in [5.74, 6) is 0. The van der Waals surface area contributed by atoms with Gasteiger partial charge < -0.3 is 0 Å². The van der Waals surface area contributed by atoms with Crippen LogP contribution in [-0.4, -0.2) is 6.26 Å². The second-order valence-corrected chi connectivity index (χ2v) is 5.83. The molecule has 0 amide bonds. The van der Waals surface area contributed by atoms with E-state index < -0.39 is 0 Å². The maximum atomic E-state index is 3.64. The summed E-state index contributed by atoms with van der Waals surface area (Å²) in [7, 11) is 0. The van der Waals surface area contributed by atoms with Gasteiger partial charge in [0.2, 0.25) is 0 Å². The summed E-state index contributed by atoms with van der Waals surface area (Å²) >= 11 is 7.28. The minimum absolute atomic E-state index is 1.25. The van der Waals surface area contributed by atoms with E-state index in [0.717, 1.165) is 0 Å². The first-order valence-corrected chi connectivity index (χ1v) is 6.78. The summed E-state index contributed by atoms with van der Waals surface area (Å²) in [5.41, 5.74) is 1.32. The van der Waals surface area contributed by atoms with Crippen LogP contribution in [0.1, 0.15) is 5.56 Å². The van der Waals surface area contributed by atoms with Crippen molar-refractivity contribution in [3.05, 3.63) is 28.2 Å². The van der Waals surface area contributed by atoms with Gasteiger partial charge >= 0.3 is 0 Å².